The molecule has 2 rings (SSSR count). The van der Waals surface area contributed by atoms with Gasteiger partial charge in [-0.2, -0.15) is 0 Å². The molecule has 1 fully saturated rings. The van der Waals surface area contributed by atoms with Crippen molar-refractivity contribution in [3.05, 3.63) is 23.8 Å². The van der Waals surface area contributed by atoms with Crippen molar-refractivity contribution in [3.63, 3.8) is 0 Å². The van der Waals surface area contributed by atoms with Crippen molar-refractivity contribution in [3.8, 4) is 0 Å². The summed E-state index contributed by atoms with van der Waals surface area (Å²) in [6.45, 7) is 7.06. The van der Waals surface area contributed by atoms with E-state index in [0.717, 1.165) is 25.4 Å². The van der Waals surface area contributed by atoms with Crippen LogP contribution < -0.4 is 5.32 Å². The summed E-state index contributed by atoms with van der Waals surface area (Å²) in [5, 5.41) is 3.42. The Morgan fingerprint density at radius 3 is 2.94 bits per heavy atom. The summed E-state index contributed by atoms with van der Waals surface area (Å²) in [6.07, 6.45) is 4.75. The molecule has 94 valence electrons. The Balaban J connectivity index is 1.89. The fourth-order valence-electron chi connectivity index (χ4n) is 2.46. The van der Waals surface area contributed by atoms with Crippen LogP contribution in [0.15, 0.2) is 12.4 Å². The molecule has 0 amide bonds. The van der Waals surface area contributed by atoms with Crippen LogP contribution in [0.25, 0.3) is 0 Å². The van der Waals surface area contributed by atoms with E-state index in [2.05, 4.69) is 22.2 Å². The van der Waals surface area contributed by atoms with Gasteiger partial charge in [0.25, 0.3) is 0 Å². The molecule has 1 heterocycles. The lowest BCUT2D eigenvalue weighted by molar-refractivity contribution is 0.199. The molecule has 17 heavy (non-hydrogen) atoms. The minimum absolute atomic E-state index is 0.221. The number of aromatic nitrogens is 2. The van der Waals surface area contributed by atoms with Gasteiger partial charge in [-0.05, 0) is 25.8 Å². The third kappa shape index (κ3) is 2.64. The highest BCUT2D eigenvalue weighted by Gasteiger charge is 2.52. The molecule has 0 spiro atoms. The largest absolute Gasteiger partial charge is 0.383 e. The molecule has 4 heteroatoms. The van der Waals surface area contributed by atoms with Crippen LogP contribution in [-0.4, -0.2) is 36.8 Å². The first-order valence-electron chi connectivity index (χ1n) is 6.16. The third-order valence-corrected chi connectivity index (χ3v) is 3.71. The molecule has 0 aromatic carbocycles. The Morgan fingerprint density at radius 1 is 1.47 bits per heavy atom. The van der Waals surface area contributed by atoms with Crippen LogP contribution in [-0.2, 0) is 10.2 Å². The molecule has 1 aliphatic rings. The normalized spacial score (nSPS) is 27.1. The number of methoxy groups -OCH3 is 1. The standard InChI is InChI=1S/C13H21N3O/c1-10-12(16-5-4-15-10)13(2)8-11(13)9-14-6-7-17-3/h4-5,11,14H,6-9H2,1-3H3. The van der Waals surface area contributed by atoms with E-state index < -0.39 is 0 Å². The summed E-state index contributed by atoms with van der Waals surface area (Å²) in [5.74, 6) is 0.676. The zero-order valence-corrected chi connectivity index (χ0v) is 10.9. The lowest BCUT2D eigenvalue weighted by Crippen LogP contribution is -2.24. The van der Waals surface area contributed by atoms with Gasteiger partial charge in [-0.3, -0.25) is 9.97 Å². The SMILES string of the molecule is COCCNCC1CC1(C)c1nccnc1C. The molecule has 1 aromatic rings. The smallest absolute Gasteiger partial charge is 0.0678 e. The van der Waals surface area contributed by atoms with Gasteiger partial charge in [0.15, 0.2) is 0 Å². The maximum atomic E-state index is 5.01. The van der Waals surface area contributed by atoms with Gasteiger partial charge in [-0.25, -0.2) is 0 Å². The number of hydrogen-bond acceptors (Lipinski definition) is 4. The molecule has 0 aliphatic heterocycles. The van der Waals surface area contributed by atoms with Crippen molar-refractivity contribution in [1.29, 1.82) is 0 Å². The highest BCUT2D eigenvalue weighted by atomic mass is 16.5. The molecule has 4 nitrogen and oxygen atoms in total. The van der Waals surface area contributed by atoms with E-state index in [9.17, 15) is 0 Å². The van der Waals surface area contributed by atoms with Crippen LogP contribution >= 0.6 is 0 Å². The first-order valence-corrected chi connectivity index (χ1v) is 6.16. The lowest BCUT2D eigenvalue weighted by atomic mass is 9.99. The molecule has 2 unspecified atom stereocenters. The second-order valence-electron chi connectivity index (χ2n) is 5.01. The predicted molar refractivity (Wildman–Crippen MR) is 67.0 cm³/mol. The Labute approximate surface area is 103 Å². The maximum Gasteiger partial charge on any atom is 0.0678 e. The van der Waals surface area contributed by atoms with Crippen molar-refractivity contribution >= 4 is 0 Å². The molecule has 0 radical (unpaired) electrons. The molecular weight excluding hydrogens is 214 g/mol. The van der Waals surface area contributed by atoms with E-state index in [1.807, 2.05) is 6.92 Å². The average molecular weight is 235 g/mol. The first-order chi connectivity index (χ1) is 8.18. The second kappa shape index (κ2) is 5.10. The molecular formula is C13H21N3O. The summed E-state index contributed by atoms with van der Waals surface area (Å²) in [5.41, 5.74) is 2.45. The summed E-state index contributed by atoms with van der Waals surface area (Å²) in [7, 11) is 1.73. The molecule has 1 aliphatic carbocycles. The topological polar surface area (TPSA) is 47.0 Å². The maximum absolute atomic E-state index is 5.01. The Morgan fingerprint density at radius 2 is 2.24 bits per heavy atom. The number of rotatable bonds is 6. The molecule has 0 bridgehead atoms. The number of aryl methyl sites for hydroxylation is 1. The van der Waals surface area contributed by atoms with Gasteiger partial charge in [-0.1, -0.05) is 6.92 Å². The minimum atomic E-state index is 0.221. The third-order valence-electron chi connectivity index (χ3n) is 3.71. The molecule has 2 atom stereocenters. The van der Waals surface area contributed by atoms with E-state index in [-0.39, 0.29) is 5.41 Å². The van der Waals surface area contributed by atoms with Gasteiger partial charge in [0.1, 0.15) is 0 Å². The quantitative estimate of drug-likeness (QED) is 0.755. The second-order valence-corrected chi connectivity index (χ2v) is 5.01. The number of nitrogens with one attached hydrogen (secondary N) is 1. The Kier molecular flexibility index (Phi) is 3.74. The van der Waals surface area contributed by atoms with Crippen LogP contribution in [0.1, 0.15) is 24.7 Å². The van der Waals surface area contributed by atoms with Gasteiger partial charge < -0.3 is 10.1 Å². The highest BCUT2D eigenvalue weighted by molar-refractivity contribution is 5.29. The molecule has 1 aromatic heterocycles. The summed E-state index contributed by atoms with van der Waals surface area (Å²) < 4.78 is 5.01. The minimum Gasteiger partial charge on any atom is -0.383 e. The van der Waals surface area contributed by atoms with E-state index in [4.69, 9.17) is 4.74 Å². The van der Waals surface area contributed by atoms with Crippen molar-refractivity contribution in [2.24, 2.45) is 5.92 Å². The van der Waals surface area contributed by atoms with E-state index in [1.54, 1.807) is 19.5 Å². The zero-order valence-electron chi connectivity index (χ0n) is 10.9. The van der Waals surface area contributed by atoms with Crippen LogP contribution in [0, 0.1) is 12.8 Å². The summed E-state index contributed by atoms with van der Waals surface area (Å²) in [4.78, 5) is 8.82. The monoisotopic (exact) mass is 235 g/mol. The van der Waals surface area contributed by atoms with Gasteiger partial charge in [0.05, 0.1) is 18.0 Å². The zero-order chi connectivity index (χ0) is 12.3. The van der Waals surface area contributed by atoms with Gasteiger partial charge in [0.2, 0.25) is 0 Å². The van der Waals surface area contributed by atoms with Crippen molar-refractivity contribution in [2.75, 3.05) is 26.8 Å². The van der Waals surface area contributed by atoms with Gasteiger partial charge in [-0.15, -0.1) is 0 Å². The van der Waals surface area contributed by atoms with Crippen molar-refractivity contribution in [2.45, 2.75) is 25.7 Å². The number of hydrogen-bond donors (Lipinski definition) is 1. The van der Waals surface area contributed by atoms with E-state index in [1.165, 1.54) is 12.1 Å². The average Bonchev–Trinajstić information content (AvgIpc) is 2.98. The fourth-order valence-corrected chi connectivity index (χ4v) is 2.46. The van der Waals surface area contributed by atoms with E-state index >= 15 is 0 Å². The van der Waals surface area contributed by atoms with Crippen LogP contribution in [0.4, 0.5) is 0 Å². The Hall–Kier alpha value is -1.00. The van der Waals surface area contributed by atoms with Gasteiger partial charge in [0, 0.05) is 31.5 Å². The van der Waals surface area contributed by atoms with Crippen LogP contribution in [0.3, 0.4) is 0 Å². The Bertz CT molecular complexity index is 383. The number of nitrogens with zero attached hydrogens (tertiary/aromatic N) is 2. The van der Waals surface area contributed by atoms with Crippen molar-refractivity contribution in [1.82, 2.24) is 15.3 Å². The van der Waals surface area contributed by atoms with Crippen LogP contribution in [0.5, 0.6) is 0 Å². The predicted octanol–water partition coefficient (Wildman–Crippen LogP) is 1.30. The molecule has 1 N–H and O–H groups in total. The summed E-state index contributed by atoms with van der Waals surface area (Å²) in [6, 6.07) is 0. The molecule has 1 saturated carbocycles. The number of ether oxygens (including phenoxy) is 1. The van der Waals surface area contributed by atoms with Crippen LogP contribution in [0.2, 0.25) is 0 Å². The first kappa shape index (κ1) is 12.5. The van der Waals surface area contributed by atoms with Crippen molar-refractivity contribution < 1.29 is 4.74 Å². The highest BCUT2D eigenvalue weighted by Crippen LogP contribution is 2.53. The fraction of sp³-hybridized carbons (Fsp3) is 0.692. The summed E-state index contributed by atoms with van der Waals surface area (Å²) >= 11 is 0. The lowest BCUT2D eigenvalue weighted by Gasteiger charge is -2.13. The van der Waals surface area contributed by atoms with E-state index in [0.29, 0.717) is 5.92 Å². The molecule has 0 saturated heterocycles. The van der Waals surface area contributed by atoms with Gasteiger partial charge >= 0.3 is 0 Å².